The number of carbonyl (C=O) groups is 1. The number of quaternary nitrogens is 1. The van der Waals surface area contributed by atoms with E-state index >= 15 is 0 Å². The van der Waals surface area contributed by atoms with Crippen LogP contribution in [0.2, 0.25) is 0 Å². The lowest BCUT2D eigenvalue weighted by molar-refractivity contribution is -0.678. The standard InChI is InChI=1S/C25H29N3O2/c29-24(19-26-25(23-11-8-18-30-23)20-9-4-3-5-10-20)27-21-12-14-22(15-13-21)28-16-6-1-2-7-17-28/h3-5,8-15,18,25-26H,1-2,6-7,16-17,19H2,(H,27,29)/p+1/t25-/m0/s1. The van der Waals surface area contributed by atoms with E-state index in [0.29, 0.717) is 6.54 Å². The highest BCUT2D eigenvalue weighted by Crippen LogP contribution is 2.22. The molecule has 5 nitrogen and oxygen atoms in total. The molecular formula is C25H30N3O2+. The van der Waals surface area contributed by atoms with Crippen molar-refractivity contribution in [3.05, 3.63) is 84.3 Å². The molecule has 2 heterocycles. The lowest BCUT2D eigenvalue weighted by Gasteiger charge is -2.22. The maximum atomic E-state index is 12.6. The number of carbonyl (C=O) groups excluding carboxylic acids is 1. The van der Waals surface area contributed by atoms with E-state index in [1.165, 1.54) is 31.4 Å². The van der Waals surface area contributed by atoms with Crippen molar-refractivity contribution in [3.8, 4) is 0 Å². The molecule has 30 heavy (non-hydrogen) atoms. The summed E-state index contributed by atoms with van der Waals surface area (Å²) in [6, 6.07) is 22.1. The van der Waals surface area contributed by atoms with Crippen LogP contribution in [-0.2, 0) is 4.79 Å². The van der Waals surface area contributed by atoms with Gasteiger partial charge in [0.05, 0.1) is 6.26 Å². The summed E-state index contributed by atoms with van der Waals surface area (Å²) in [5.41, 5.74) is 3.19. The van der Waals surface area contributed by atoms with Gasteiger partial charge in [-0.15, -0.1) is 0 Å². The molecule has 1 atom stereocenters. The van der Waals surface area contributed by atoms with Gasteiger partial charge in [-0.05, 0) is 49.2 Å². The average molecular weight is 405 g/mol. The van der Waals surface area contributed by atoms with Crippen molar-refractivity contribution in [2.45, 2.75) is 31.7 Å². The van der Waals surface area contributed by atoms with Crippen molar-refractivity contribution in [1.82, 2.24) is 0 Å². The van der Waals surface area contributed by atoms with Crippen LogP contribution in [0.1, 0.15) is 43.0 Å². The zero-order chi connectivity index (χ0) is 20.6. The second kappa shape index (κ2) is 10.1. The molecule has 0 spiro atoms. The Balaban J connectivity index is 1.34. The van der Waals surface area contributed by atoms with Gasteiger partial charge in [0.1, 0.15) is 0 Å². The smallest absolute Gasteiger partial charge is 0.279 e. The molecule has 3 N–H and O–H groups in total. The van der Waals surface area contributed by atoms with Crippen molar-refractivity contribution in [1.29, 1.82) is 0 Å². The van der Waals surface area contributed by atoms with Crippen LogP contribution in [0.5, 0.6) is 0 Å². The molecule has 0 bridgehead atoms. The number of hydrogen-bond donors (Lipinski definition) is 2. The van der Waals surface area contributed by atoms with Crippen LogP contribution >= 0.6 is 0 Å². The number of amides is 1. The van der Waals surface area contributed by atoms with E-state index in [1.54, 1.807) is 6.26 Å². The summed E-state index contributed by atoms with van der Waals surface area (Å²) >= 11 is 0. The third kappa shape index (κ3) is 5.30. The monoisotopic (exact) mass is 404 g/mol. The molecule has 156 valence electrons. The molecule has 4 rings (SSSR count). The molecule has 1 saturated heterocycles. The van der Waals surface area contributed by atoms with Gasteiger partial charge in [-0.1, -0.05) is 43.2 Å². The Hall–Kier alpha value is -3.05. The maximum Gasteiger partial charge on any atom is 0.279 e. The number of furan rings is 1. The maximum absolute atomic E-state index is 12.6. The van der Waals surface area contributed by atoms with Gasteiger partial charge in [0.2, 0.25) is 0 Å². The van der Waals surface area contributed by atoms with Gasteiger partial charge in [0, 0.05) is 30.0 Å². The van der Waals surface area contributed by atoms with E-state index in [9.17, 15) is 4.79 Å². The zero-order valence-corrected chi connectivity index (χ0v) is 17.3. The van der Waals surface area contributed by atoms with E-state index in [0.717, 1.165) is 30.1 Å². The summed E-state index contributed by atoms with van der Waals surface area (Å²) in [6.45, 7) is 2.55. The highest BCUT2D eigenvalue weighted by atomic mass is 16.3. The van der Waals surface area contributed by atoms with Crippen LogP contribution in [0.3, 0.4) is 0 Å². The largest absolute Gasteiger partial charge is 0.463 e. The highest BCUT2D eigenvalue weighted by Gasteiger charge is 2.21. The molecule has 0 radical (unpaired) electrons. The van der Waals surface area contributed by atoms with Crippen LogP contribution in [-0.4, -0.2) is 25.5 Å². The predicted octanol–water partition coefficient (Wildman–Crippen LogP) is 3.95. The van der Waals surface area contributed by atoms with Crippen molar-refractivity contribution >= 4 is 17.3 Å². The van der Waals surface area contributed by atoms with E-state index in [4.69, 9.17) is 4.42 Å². The summed E-state index contributed by atoms with van der Waals surface area (Å²) in [4.78, 5) is 15.0. The molecule has 1 aromatic heterocycles. The van der Waals surface area contributed by atoms with Gasteiger partial charge in [0.25, 0.3) is 5.91 Å². The van der Waals surface area contributed by atoms with Crippen molar-refractivity contribution in [2.24, 2.45) is 0 Å². The molecule has 1 amide bonds. The van der Waals surface area contributed by atoms with E-state index in [2.05, 4.69) is 34.5 Å². The fourth-order valence-corrected chi connectivity index (χ4v) is 4.07. The van der Waals surface area contributed by atoms with E-state index in [1.807, 2.05) is 47.8 Å². The zero-order valence-electron chi connectivity index (χ0n) is 17.3. The summed E-state index contributed by atoms with van der Waals surface area (Å²) < 4.78 is 5.61. The molecular weight excluding hydrogens is 374 g/mol. The normalized spacial score (nSPS) is 15.4. The van der Waals surface area contributed by atoms with Gasteiger partial charge in [-0.3, -0.25) is 4.79 Å². The molecule has 2 aromatic carbocycles. The second-order valence-electron chi connectivity index (χ2n) is 7.84. The molecule has 3 aromatic rings. The van der Waals surface area contributed by atoms with Gasteiger partial charge in [-0.2, -0.15) is 0 Å². The Bertz CT molecular complexity index is 899. The van der Waals surface area contributed by atoms with Gasteiger partial charge >= 0.3 is 0 Å². The van der Waals surface area contributed by atoms with E-state index < -0.39 is 0 Å². The lowest BCUT2D eigenvalue weighted by Crippen LogP contribution is -2.87. The molecule has 0 saturated carbocycles. The number of hydrogen-bond acceptors (Lipinski definition) is 3. The molecule has 1 fully saturated rings. The molecule has 0 aliphatic carbocycles. The minimum Gasteiger partial charge on any atom is -0.463 e. The minimum absolute atomic E-state index is 0.0231. The first kappa shape index (κ1) is 20.2. The predicted molar refractivity (Wildman–Crippen MR) is 120 cm³/mol. The molecule has 1 aliphatic rings. The number of nitrogens with two attached hydrogens (primary N) is 1. The van der Waals surface area contributed by atoms with Gasteiger partial charge in [0.15, 0.2) is 18.3 Å². The first-order valence-electron chi connectivity index (χ1n) is 10.9. The Labute approximate surface area is 178 Å². The van der Waals surface area contributed by atoms with Crippen LogP contribution in [0, 0.1) is 0 Å². The Morgan fingerprint density at radius 3 is 2.33 bits per heavy atom. The first-order valence-corrected chi connectivity index (χ1v) is 10.9. The molecule has 5 heteroatoms. The Kier molecular flexibility index (Phi) is 6.83. The first-order chi connectivity index (χ1) is 14.8. The van der Waals surface area contributed by atoms with Crippen LogP contribution in [0.4, 0.5) is 11.4 Å². The highest BCUT2D eigenvalue weighted by molar-refractivity contribution is 5.91. The van der Waals surface area contributed by atoms with Crippen LogP contribution in [0.25, 0.3) is 0 Å². The van der Waals surface area contributed by atoms with Crippen LogP contribution < -0.4 is 15.5 Å². The minimum atomic E-state index is -0.0441. The number of nitrogens with one attached hydrogen (secondary N) is 1. The topological polar surface area (TPSA) is 62.1 Å². The van der Waals surface area contributed by atoms with Crippen molar-refractivity contribution in [2.75, 3.05) is 29.9 Å². The Morgan fingerprint density at radius 1 is 0.933 bits per heavy atom. The number of nitrogens with zero attached hydrogens (tertiary/aromatic N) is 1. The number of anilines is 2. The third-order valence-corrected chi connectivity index (χ3v) is 5.67. The van der Waals surface area contributed by atoms with E-state index in [-0.39, 0.29) is 11.9 Å². The average Bonchev–Trinajstić information content (AvgIpc) is 3.17. The third-order valence-electron chi connectivity index (χ3n) is 5.67. The Morgan fingerprint density at radius 2 is 1.67 bits per heavy atom. The summed E-state index contributed by atoms with van der Waals surface area (Å²) in [6.07, 6.45) is 6.83. The van der Waals surface area contributed by atoms with Gasteiger partial charge in [-0.25, -0.2) is 0 Å². The van der Waals surface area contributed by atoms with Gasteiger partial charge < -0.3 is 20.0 Å². The van der Waals surface area contributed by atoms with Crippen molar-refractivity contribution < 1.29 is 14.5 Å². The molecule has 0 unspecified atom stereocenters. The van der Waals surface area contributed by atoms with Crippen molar-refractivity contribution in [3.63, 3.8) is 0 Å². The SMILES string of the molecule is O=C(C[NH2+][C@@H](c1ccccc1)c1ccco1)Nc1ccc(N2CCCCCC2)cc1. The van der Waals surface area contributed by atoms with Crippen LogP contribution in [0.15, 0.2) is 77.4 Å². The molecule has 1 aliphatic heterocycles. The lowest BCUT2D eigenvalue weighted by atomic mass is 10.0. The second-order valence-corrected chi connectivity index (χ2v) is 7.84. The number of rotatable bonds is 7. The number of benzene rings is 2. The quantitative estimate of drug-likeness (QED) is 0.627. The summed E-state index contributed by atoms with van der Waals surface area (Å²) in [5.74, 6) is 0.820. The summed E-state index contributed by atoms with van der Waals surface area (Å²) in [5, 5.41) is 5.03. The fourth-order valence-electron chi connectivity index (χ4n) is 4.07. The summed E-state index contributed by atoms with van der Waals surface area (Å²) in [7, 11) is 0. The fraction of sp³-hybridized carbons (Fsp3) is 0.320.